The van der Waals surface area contributed by atoms with Crippen molar-refractivity contribution in [1.29, 1.82) is 0 Å². The zero-order valence-electron chi connectivity index (χ0n) is 15.0. The quantitative estimate of drug-likeness (QED) is 0.708. The number of benzene rings is 2. The fourth-order valence-corrected chi connectivity index (χ4v) is 3.33. The van der Waals surface area contributed by atoms with Gasteiger partial charge in [0, 0.05) is 23.6 Å². The highest BCUT2D eigenvalue weighted by Gasteiger charge is 2.25. The summed E-state index contributed by atoms with van der Waals surface area (Å²) in [5, 5.41) is 12.8. The summed E-state index contributed by atoms with van der Waals surface area (Å²) in [5.41, 5.74) is 3.57. The third-order valence-electron chi connectivity index (χ3n) is 4.33. The molecule has 1 unspecified atom stereocenters. The van der Waals surface area contributed by atoms with E-state index in [0.717, 1.165) is 34.4 Å². The van der Waals surface area contributed by atoms with Gasteiger partial charge in [0.05, 0.1) is 26.9 Å². The molecule has 0 spiro atoms. The summed E-state index contributed by atoms with van der Waals surface area (Å²) in [4.78, 5) is 11.2. The summed E-state index contributed by atoms with van der Waals surface area (Å²) < 4.78 is 16.5. The van der Waals surface area contributed by atoms with Crippen LogP contribution in [0.5, 0.6) is 5.75 Å². The summed E-state index contributed by atoms with van der Waals surface area (Å²) in [7, 11) is 1.31. The Morgan fingerprint density at radius 2 is 2.22 bits per heavy atom. The van der Waals surface area contributed by atoms with Gasteiger partial charge in [0.1, 0.15) is 11.9 Å². The highest BCUT2D eigenvalue weighted by Crippen LogP contribution is 2.39. The van der Waals surface area contributed by atoms with Crippen LogP contribution in [-0.4, -0.2) is 38.1 Å². The first-order valence-electron chi connectivity index (χ1n) is 8.70. The van der Waals surface area contributed by atoms with Crippen molar-refractivity contribution in [3.63, 3.8) is 0 Å². The van der Waals surface area contributed by atoms with Gasteiger partial charge in [-0.25, -0.2) is 4.79 Å². The van der Waals surface area contributed by atoms with Crippen molar-refractivity contribution in [2.75, 3.05) is 26.9 Å². The minimum atomic E-state index is -0.510. The Labute approximate surface area is 163 Å². The highest BCUT2D eigenvalue weighted by molar-refractivity contribution is 6.30. The molecule has 2 N–H and O–H groups in total. The van der Waals surface area contributed by atoms with E-state index in [-0.39, 0.29) is 13.2 Å². The monoisotopic (exact) mass is 391 g/mol. The van der Waals surface area contributed by atoms with Gasteiger partial charge in [-0.05, 0) is 41.0 Å². The van der Waals surface area contributed by atoms with E-state index in [1.54, 1.807) is 6.07 Å². The summed E-state index contributed by atoms with van der Waals surface area (Å²) >= 11 is 6.17. The molecule has 1 atom stereocenters. The number of aliphatic hydroxyl groups excluding tert-OH is 1. The zero-order chi connectivity index (χ0) is 19.2. The lowest BCUT2D eigenvalue weighted by molar-refractivity contribution is 0.0787. The van der Waals surface area contributed by atoms with Crippen LogP contribution >= 0.6 is 11.6 Å². The van der Waals surface area contributed by atoms with Crippen LogP contribution in [0.15, 0.2) is 36.4 Å². The SMILES string of the molecule is COC(=O)NCCOC(c1cccc(Cl)c1)c1cc(CO)cc2c1OCC2. The van der Waals surface area contributed by atoms with Crippen molar-refractivity contribution >= 4 is 17.7 Å². The van der Waals surface area contributed by atoms with Crippen molar-refractivity contribution < 1.29 is 24.1 Å². The van der Waals surface area contributed by atoms with Crippen LogP contribution < -0.4 is 10.1 Å². The number of rotatable bonds is 7. The third-order valence-corrected chi connectivity index (χ3v) is 4.57. The highest BCUT2D eigenvalue weighted by atomic mass is 35.5. The van der Waals surface area contributed by atoms with Gasteiger partial charge in [-0.3, -0.25) is 0 Å². The first kappa shape index (κ1) is 19.5. The number of ether oxygens (including phenoxy) is 3. The van der Waals surface area contributed by atoms with Crippen LogP contribution in [0.25, 0.3) is 0 Å². The molecule has 6 nitrogen and oxygen atoms in total. The van der Waals surface area contributed by atoms with Gasteiger partial charge in [-0.15, -0.1) is 0 Å². The van der Waals surface area contributed by atoms with Crippen LogP contribution in [0.1, 0.15) is 28.4 Å². The molecule has 0 saturated carbocycles. The van der Waals surface area contributed by atoms with Crippen LogP contribution in [0, 0.1) is 0 Å². The number of carbonyl (C=O) groups excluding carboxylic acids is 1. The molecule has 0 aromatic heterocycles. The second-order valence-corrected chi connectivity index (χ2v) is 6.59. The molecule has 144 valence electrons. The van der Waals surface area contributed by atoms with Crippen molar-refractivity contribution in [3.8, 4) is 5.75 Å². The molecule has 0 aliphatic carbocycles. The topological polar surface area (TPSA) is 77.0 Å². The van der Waals surface area contributed by atoms with E-state index in [1.165, 1.54) is 7.11 Å². The van der Waals surface area contributed by atoms with Crippen LogP contribution in [0.4, 0.5) is 4.79 Å². The standard InChI is InChI=1S/C20H22ClNO5/c1-25-20(24)22-6-8-27-18(14-3-2-4-16(21)11-14)17-10-13(12-23)9-15-5-7-26-19(15)17/h2-4,9-11,18,23H,5-8,12H2,1H3,(H,22,24). The molecule has 0 fully saturated rings. The Balaban J connectivity index is 1.90. The first-order chi connectivity index (χ1) is 13.1. The van der Waals surface area contributed by atoms with E-state index < -0.39 is 12.2 Å². The maximum absolute atomic E-state index is 11.2. The average Bonchev–Trinajstić information content (AvgIpc) is 3.15. The molecule has 1 aliphatic rings. The summed E-state index contributed by atoms with van der Waals surface area (Å²) in [6.45, 7) is 1.10. The Hall–Kier alpha value is -2.28. The van der Waals surface area contributed by atoms with Crippen LogP contribution in [-0.2, 0) is 22.5 Å². The predicted molar refractivity (Wildman–Crippen MR) is 101 cm³/mol. The lowest BCUT2D eigenvalue weighted by atomic mass is 9.95. The van der Waals surface area contributed by atoms with Gasteiger partial charge >= 0.3 is 6.09 Å². The Morgan fingerprint density at radius 3 is 2.96 bits per heavy atom. The van der Waals surface area contributed by atoms with Gasteiger partial charge < -0.3 is 24.6 Å². The largest absolute Gasteiger partial charge is 0.493 e. The number of nitrogens with one attached hydrogen (secondary N) is 1. The second-order valence-electron chi connectivity index (χ2n) is 6.15. The van der Waals surface area contributed by atoms with Gasteiger partial charge in [0.2, 0.25) is 0 Å². The molecule has 3 rings (SSSR count). The number of carbonyl (C=O) groups is 1. The number of aliphatic hydroxyl groups is 1. The summed E-state index contributed by atoms with van der Waals surface area (Å²) in [6, 6.07) is 11.3. The van der Waals surface area contributed by atoms with Crippen molar-refractivity contribution in [2.45, 2.75) is 19.1 Å². The number of fused-ring (bicyclic) bond motifs is 1. The predicted octanol–water partition coefficient (Wildman–Crippen LogP) is 3.23. The smallest absolute Gasteiger partial charge is 0.406 e. The lowest BCUT2D eigenvalue weighted by Gasteiger charge is -2.22. The molecular formula is C20H22ClNO5. The van der Waals surface area contributed by atoms with E-state index in [2.05, 4.69) is 10.1 Å². The average molecular weight is 392 g/mol. The Kier molecular flexibility index (Phi) is 6.55. The van der Waals surface area contributed by atoms with Gasteiger partial charge in [-0.1, -0.05) is 23.7 Å². The molecule has 2 aromatic rings. The molecule has 0 bridgehead atoms. The first-order valence-corrected chi connectivity index (χ1v) is 9.08. The van der Waals surface area contributed by atoms with Crippen LogP contribution in [0.2, 0.25) is 5.02 Å². The minimum absolute atomic E-state index is 0.0631. The van der Waals surface area contributed by atoms with Crippen molar-refractivity contribution in [3.05, 3.63) is 63.7 Å². The second kappa shape index (κ2) is 9.08. The lowest BCUT2D eigenvalue weighted by Crippen LogP contribution is -2.27. The van der Waals surface area contributed by atoms with Crippen molar-refractivity contribution in [1.82, 2.24) is 5.32 Å². The Morgan fingerprint density at radius 1 is 1.37 bits per heavy atom. The normalized spacial score (nSPS) is 13.6. The molecule has 1 amide bonds. The molecule has 7 heteroatoms. The van der Waals surface area contributed by atoms with Gasteiger partial charge in [0.15, 0.2) is 0 Å². The molecule has 27 heavy (non-hydrogen) atoms. The maximum Gasteiger partial charge on any atom is 0.406 e. The zero-order valence-corrected chi connectivity index (χ0v) is 15.8. The minimum Gasteiger partial charge on any atom is -0.493 e. The van der Waals surface area contributed by atoms with E-state index in [4.69, 9.17) is 21.1 Å². The summed E-state index contributed by atoms with van der Waals surface area (Å²) in [6.07, 6.45) is -0.159. The van der Waals surface area contributed by atoms with Gasteiger partial charge in [0.25, 0.3) is 0 Å². The number of hydrogen-bond donors (Lipinski definition) is 2. The number of methoxy groups -OCH3 is 1. The molecule has 1 aliphatic heterocycles. The number of alkyl carbamates (subject to hydrolysis) is 1. The number of hydrogen-bond acceptors (Lipinski definition) is 5. The summed E-state index contributed by atoms with van der Waals surface area (Å²) in [5.74, 6) is 0.790. The molecule has 1 heterocycles. The Bertz CT molecular complexity index is 811. The molecular weight excluding hydrogens is 370 g/mol. The van der Waals surface area contributed by atoms with E-state index in [9.17, 15) is 9.90 Å². The van der Waals surface area contributed by atoms with Crippen molar-refractivity contribution in [2.24, 2.45) is 0 Å². The van der Waals surface area contributed by atoms with E-state index in [0.29, 0.717) is 18.2 Å². The molecule has 0 saturated heterocycles. The maximum atomic E-state index is 11.2. The third kappa shape index (κ3) is 4.71. The molecule has 0 radical (unpaired) electrons. The van der Waals surface area contributed by atoms with E-state index in [1.807, 2.05) is 30.3 Å². The molecule has 2 aromatic carbocycles. The van der Waals surface area contributed by atoms with E-state index >= 15 is 0 Å². The van der Waals surface area contributed by atoms with Crippen LogP contribution in [0.3, 0.4) is 0 Å². The fraction of sp³-hybridized carbons (Fsp3) is 0.350. The number of amides is 1. The fourth-order valence-electron chi connectivity index (χ4n) is 3.13. The number of halogens is 1. The van der Waals surface area contributed by atoms with Gasteiger partial charge in [-0.2, -0.15) is 0 Å².